The summed E-state index contributed by atoms with van der Waals surface area (Å²) in [6, 6.07) is 0. The molecule has 132 valence electrons. The molecular weight excluding hydrogens is 333 g/mol. The normalized spacial score (nSPS) is 38.4. The van der Waals surface area contributed by atoms with E-state index in [-0.39, 0.29) is 17.6 Å². The molecule has 0 unspecified atom stereocenters. The van der Waals surface area contributed by atoms with Gasteiger partial charge in [0.15, 0.2) is 0 Å². The largest absolute Gasteiger partial charge is 0.534 e. The lowest BCUT2D eigenvalue weighted by Gasteiger charge is -2.43. The van der Waals surface area contributed by atoms with Crippen LogP contribution in [0.2, 0.25) is 0 Å². The first-order valence-electron chi connectivity index (χ1n) is 7.42. The van der Waals surface area contributed by atoms with Gasteiger partial charge < -0.3 is 8.92 Å². The fourth-order valence-electron chi connectivity index (χ4n) is 3.21. The molecule has 4 nitrogen and oxygen atoms in total. The van der Waals surface area contributed by atoms with Crippen molar-refractivity contribution in [2.45, 2.75) is 56.7 Å². The van der Waals surface area contributed by atoms with Crippen molar-refractivity contribution in [1.29, 1.82) is 0 Å². The number of allylic oxidation sites excluding steroid dienone is 1. The van der Waals surface area contributed by atoms with Gasteiger partial charge in [-0.3, -0.25) is 0 Å². The highest BCUT2D eigenvalue weighted by Crippen LogP contribution is 2.53. The van der Waals surface area contributed by atoms with Gasteiger partial charge in [-0.1, -0.05) is 19.9 Å². The summed E-state index contributed by atoms with van der Waals surface area (Å²) in [7, 11) is -5.72. The highest BCUT2D eigenvalue weighted by molar-refractivity contribution is 7.87. The smallest absolute Gasteiger partial charge is 0.378 e. The maximum atomic E-state index is 12.7. The summed E-state index contributed by atoms with van der Waals surface area (Å²) in [4.78, 5) is 0. The SMILES string of the molecule is C=C[C@@]1(C)CC[C@]2(O1)C(OS(=O)(=O)C(F)(F)F)=CC[C@H](C)[C@H]2C. The van der Waals surface area contributed by atoms with Gasteiger partial charge in [0, 0.05) is 0 Å². The maximum absolute atomic E-state index is 12.7. The van der Waals surface area contributed by atoms with Crippen molar-refractivity contribution in [3.8, 4) is 0 Å². The Bertz CT molecular complexity index is 625. The predicted octanol–water partition coefficient (Wildman–Crippen LogP) is 3.91. The Kier molecular flexibility index (Phi) is 4.39. The lowest BCUT2D eigenvalue weighted by molar-refractivity contribution is -0.113. The van der Waals surface area contributed by atoms with Crippen LogP contribution < -0.4 is 0 Å². The summed E-state index contributed by atoms with van der Waals surface area (Å²) < 4.78 is 71.3. The van der Waals surface area contributed by atoms with Gasteiger partial charge in [0.05, 0.1) is 5.60 Å². The first-order valence-corrected chi connectivity index (χ1v) is 8.83. The van der Waals surface area contributed by atoms with E-state index in [0.717, 1.165) is 0 Å². The van der Waals surface area contributed by atoms with E-state index >= 15 is 0 Å². The van der Waals surface area contributed by atoms with Crippen molar-refractivity contribution in [3.05, 3.63) is 24.5 Å². The van der Waals surface area contributed by atoms with Crippen molar-refractivity contribution in [2.75, 3.05) is 0 Å². The quantitative estimate of drug-likeness (QED) is 0.438. The second-order valence-electron chi connectivity index (χ2n) is 6.56. The van der Waals surface area contributed by atoms with E-state index in [1.807, 2.05) is 13.8 Å². The molecule has 0 amide bonds. The van der Waals surface area contributed by atoms with Crippen LogP contribution in [0.1, 0.15) is 40.0 Å². The first kappa shape index (κ1) is 18.3. The number of halogens is 3. The third-order valence-corrected chi connectivity index (χ3v) is 5.97. The highest BCUT2D eigenvalue weighted by Gasteiger charge is 2.58. The van der Waals surface area contributed by atoms with Gasteiger partial charge in [-0.15, -0.1) is 6.58 Å². The van der Waals surface area contributed by atoms with Crippen molar-refractivity contribution in [1.82, 2.24) is 0 Å². The van der Waals surface area contributed by atoms with Crippen LogP contribution in [-0.2, 0) is 19.0 Å². The van der Waals surface area contributed by atoms with Crippen molar-refractivity contribution in [3.63, 3.8) is 0 Å². The van der Waals surface area contributed by atoms with E-state index < -0.39 is 26.8 Å². The predicted molar refractivity (Wildman–Crippen MR) is 78.7 cm³/mol. The van der Waals surface area contributed by atoms with Crippen LogP contribution in [0, 0.1) is 11.8 Å². The van der Waals surface area contributed by atoms with Crippen LogP contribution in [0.4, 0.5) is 13.2 Å². The Morgan fingerprint density at radius 1 is 1.39 bits per heavy atom. The van der Waals surface area contributed by atoms with E-state index in [1.165, 1.54) is 6.08 Å². The van der Waals surface area contributed by atoms with E-state index in [2.05, 4.69) is 10.8 Å². The molecule has 0 aromatic rings. The third kappa shape index (κ3) is 3.03. The average Bonchev–Trinajstić information content (AvgIpc) is 2.79. The standard InChI is InChI=1S/C15H21F3O4S/c1-5-13(4)8-9-14(22-13)11(3)10(2)6-7-12(14)21-23(19,20)15(16,17)18/h5,7,10-11H,1,6,8-9H2,2-4H3/t10-,11+,13-,14+/m0/s1. The van der Waals surface area contributed by atoms with Gasteiger partial charge in [-0.2, -0.15) is 21.6 Å². The van der Waals surface area contributed by atoms with Gasteiger partial charge in [0.25, 0.3) is 0 Å². The minimum absolute atomic E-state index is 0.128. The van der Waals surface area contributed by atoms with E-state index in [9.17, 15) is 21.6 Å². The second kappa shape index (κ2) is 5.51. The molecule has 0 saturated carbocycles. The van der Waals surface area contributed by atoms with Crippen LogP contribution in [-0.4, -0.2) is 25.1 Å². The minimum Gasteiger partial charge on any atom is -0.378 e. The molecule has 0 aromatic carbocycles. The third-order valence-electron chi connectivity index (χ3n) is 5.00. The first-order chi connectivity index (χ1) is 10.4. The lowest BCUT2D eigenvalue weighted by atomic mass is 9.72. The Morgan fingerprint density at radius 2 is 2.00 bits per heavy atom. The number of ether oxygens (including phenoxy) is 1. The molecule has 23 heavy (non-hydrogen) atoms. The zero-order valence-electron chi connectivity index (χ0n) is 13.3. The van der Waals surface area contributed by atoms with Crippen LogP contribution >= 0.6 is 0 Å². The second-order valence-corrected chi connectivity index (χ2v) is 8.10. The molecule has 1 saturated heterocycles. The van der Waals surface area contributed by atoms with Crippen LogP contribution in [0.25, 0.3) is 0 Å². The van der Waals surface area contributed by atoms with Gasteiger partial charge in [-0.25, -0.2) is 0 Å². The fourth-order valence-corrected chi connectivity index (χ4v) is 3.75. The number of alkyl halides is 3. The molecule has 1 aliphatic heterocycles. The fraction of sp³-hybridized carbons (Fsp3) is 0.733. The molecule has 0 N–H and O–H groups in total. The topological polar surface area (TPSA) is 52.6 Å². The zero-order valence-corrected chi connectivity index (χ0v) is 14.1. The molecule has 4 atom stereocenters. The van der Waals surface area contributed by atoms with Crippen LogP contribution in [0.5, 0.6) is 0 Å². The van der Waals surface area contributed by atoms with Crippen molar-refractivity contribution >= 4 is 10.1 Å². The Hall–Kier alpha value is -1.02. The van der Waals surface area contributed by atoms with Crippen LogP contribution in [0.15, 0.2) is 24.5 Å². The van der Waals surface area contributed by atoms with Gasteiger partial charge in [0.1, 0.15) is 11.4 Å². The Morgan fingerprint density at radius 3 is 2.48 bits per heavy atom. The summed E-state index contributed by atoms with van der Waals surface area (Å²) in [5.74, 6) is -0.318. The molecule has 0 aromatic heterocycles. The monoisotopic (exact) mass is 354 g/mol. The number of rotatable bonds is 3. The Balaban J connectivity index is 2.43. The summed E-state index contributed by atoms with van der Waals surface area (Å²) >= 11 is 0. The maximum Gasteiger partial charge on any atom is 0.534 e. The highest BCUT2D eigenvalue weighted by atomic mass is 32.2. The van der Waals surface area contributed by atoms with Gasteiger partial charge in [-0.05, 0) is 44.1 Å². The van der Waals surface area contributed by atoms with Crippen LogP contribution in [0.3, 0.4) is 0 Å². The Labute approximate surface area is 134 Å². The molecule has 2 rings (SSSR count). The molecule has 1 fully saturated rings. The molecule has 1 heterocycles. The summed E-state index contributed by atoms with van der Waals surface area (Å²) in [6.45, 7) is 9.26. The lowest BCUT2D eigenvalue weighted by Crippen LogP contribution is -2.47. The summed E-state index contributed by atoms with van der Waals surface area (Å²) in [5, 5.41) is 0. The molecule has 8 heteroatoms. The molecule has 0 bridgehead atoms. The van der Waals surface area contributed by atoms with Crippen molar-refractivity contribution in [2.24, 2.45) is 11.8 Å². The number of hydrogen-bond donors (Lipinski definition) is 0. The molecule has 0 radical (unpaired) electrons. The zero-order chi connectivity index (χ0) is 17.7. The summed E-state index contributed by atoms with van der Waals surface area (Å²) in [6.07, 6.45) is 4.33. The number of hydrogen-bond acceptors (Lipinski definition) is 4. The molecule has 1 aliphatic carbocycles. The van der Waals surface area contributed by atoms with Crippen molar-refractivity contribution < 1.29 is 30.5 Å². The summed E-state index contributed by atoms with van der Waals surface area (Å²) in [5.41, 5.74) is -7.38. The molecule has 2 aliphatic rings. The molecular formula is C15H21F3O4S. The van der Waals surface area contributed by atoms with Gasteiger partial charge >= 0.3 is 15.6 Å². The average molecular weight is 354 g/mol. The van der Waals surface area contributed by atoms with Gasteiger partial charge in [0.2, 0.25) is 0 Å². The minimum atomic E-state index is -5.72. The van der Waals surface area contributed by atoms with E-state index in [1.54, 1.807) is 13.0 Å². The van der Waals surface area contributed by atoms with E-state index in [0.29, 0.717) is 19.3 Å². The van der Waals surface area contributed by atoms with E-state index in [4.69, 9.17) is 4.74 Å². The molecule has 1 spiro atoms.